The zero-order valence-electron chi connectivity index (χ0n) is 14.8. The van der Waals surface area contributed by atoms with Crippen LogP contribution in [0.4, 0.5) is 0 Å². The van der Waals surface area contributed by atoms with Crippen LogP contribution in [0.1, 0.15) is 26.7 Å². The summed E-state index contributed by atoms with van der Waals surface area (Å²) in [6, 6.07) is 0. The third-order valence-corrected chi connectivity index (χ3v) is 3.14. The van der Waals surface area contributed by atoms with Crippen LogP contribution in [0.15, 0.2) is 72.2 Å². The Morgan fingerprint density at radius 2 is 1.08 bits per heavy atom. The molecular weight excluding hydrogens is 359 g/mol. The SMILES string of the molecule is CCCN/C=C1/C=CC=CC1=O.CCCN/C=C1/C=CC=CC1=O.[Co]. The van der Waals surface area contributed by atoms with Crippen LogP contribution in [-0.4, -0.2) is 24.7 Å². The van der Waals surface area contributed by atoms with Crippen molar-refractivity contribution in [2.75, 3.05) is 13.1 Å². The van der Waals surface area contributed by atoms with Crippen LogP contribution in [-0.2, 0) is 26.4 Å². The van der Waals surface area contributed by atoms with Crippen molar-refractivity contribution in [1.82, 2.24) is 10.6 Å². The Bertz CT molecular complexity index is 557. The van der Waals surface area contributed by atoms with Crippen molar-refractivity contribution in [3.8, 4) is 0 Å². The minimum atomic E-state index is 0. The van der Waals surface area contributed by atoms with E-state index in [0.29, 0.717) is 0 Å². The first-order valence-electron chi connectivity index (χ1n) is 8.34. The van der Waals surface area contributed by atoms with Crippen molar-refractivity contribution in [2.24, 2.45) is 0 Å². The van der Waals surface area contributed by atoms with Crippen molar-refractivity contribution in [1.29, 1.82) is 0 Å². The van der Waals surface area contributed by atoms with Gasteiger partial charge < -0.3 is 10.6 Å². The van der Waals surface area contributed by atoms with E-state index >= 15 is 0 Å². The molecule has 137 valence electrons. The number of carbonyl (C=O) groups excluding carboxylic acids is 2. The molecule has 2 N–H and O–H groups in total. The van der Waals surface area contributed by atoms with Crippen LogP contribution in [0.25, 0.3) is 0 Å². The van der Waals surface area contributed by atoms with Crippen LogP contribution in [0.2, 0.25) is 0 Å². The monoisotopic (exact) mass is 385 g/mol. The minimum Gasteiger partial charge on any atom is -0.390 e. The van der Waals surface area contributed by atoms with Crippen molar-refractivity contribution < 1.29 is 26.4 Å². The number of allylic oxidation sites excluding steroid dienone is 10. The van der Waals surface area contributed by atoms with Crippen LogP contribution in [0.3, 0.4) is 0 Å². The first kappa shape index (κ1) is 22.9. The van der Waals surface area contributed by atoms with Gasteiger partial charge in [0.1, 0.15) is 0 Å². The number of nitrogens with one attached hydrogen (secondary N) is 2. The average molecular weight is 385 g/mol. The molecule has 0 atom stereocenters. The molecule has 25 heavy (non-hydrogen) atoms. The molecule has 0 aromatic rings. The van der Waals surface area contributed by atoms with Gasteiger partial charge in [-0.2, -0.15) is 0 Å². The fraction of sp³-hybridized carbons (Fsp3) is 0.300. The molecule has 0 unspecified atom stereocenters. The Balaban J connectivity index is 0.000000443. The fourth-order valence-electron chi connectivity index (χ4n) is 1.85. The van der Waals surface area contributed by atoms with E-state index in [1.165, 1.54) is 0 Å². The smallest absolute Gasteiger partial charge is 0.187 e. The minimum absolute atomic E-state index is 0. The molecule has 0 aromatic heterocycles. The summed E-state index contributed by atoms with van der Waals surface area (Å²) in [6.07, 6.45) is 19.7. The second kappa shape index (κ2) is 14.2. The Labute approximate surface area is 160 Å². The maximum atomic E-state index is 11.1. The molecule has 0 aliphatic heterocycles. The molecule has 2 aliphatic carbocycles. The van der Waals surface area contributed by atoms with E-state index in [4.69, 9.17) is 0 Å². The molecular formula is C20H26CoN2O2. The van der Waals surface area contributed by atoms with E-state index in [-0.39, 0.29) is 28.3 Å². The zero-order chi connectivity index (χ0) is 17.6. The topological polar surface area (TPSA) is 58.2 Å². The third-order valence-electron chi connectivity index (χ3n) is 3.14. The Morgan fingerprint density at radius 3 is 1.40 bits per heavy atom. The van der Waals surface area contributed by atoms with Gasteiger partial charge in [0, 0.05) is 53.4 Å². The number of hydrogen-bond donors (Lipinski definition) is 2. The first-order chi connectivity index (χ1) is 11.7. The molecule has 2 aliphatic rings. The van der Waals surface area contributed by atoms with E-state index in [9.17, 15) is 9.59 Å². The predicted octanol–water partition coefficient (Wildman–Crippen LogP) is 3.13. The molecule has 0 fully saturated rings. The van der Waals surface area contributed by atoms with Crippen LogP contribution < -0.4 is 10.6 Å². The predicted molar refractivity (Wildman–Crippen MR) is 99.3 cm³/mol. The van der Waals surface area contributed by atoms with Crippen molar-refractivity contribution >= 4 is 11.6 Å². The molecule has 0 saturated heterocycles. The van der Waals surface area contributed by atoms with E-state index in [1.54, 1.807) is 36.7 Å². The molecule has 0 amide bonds. The Hall–Kier alpha value is -2.11. The number of rotatable bonds is 6. The largest absolute Gasteiger partial charge is 0.390 e. The molecule has 2 rings (SSSR count). The summed E-state index contributed by atoms with van der Waals surface area (Å²) in [7, 11) is 0. The Morgan fingerprint density at radius 1 is 0.720 bits per heavy atom. The van der Waals surface area contributed by atoms with Gasteiger partial charge >= 0.3 is 0 Å². The summed E-state index contributed by atoms with van der Waals surface area (Å²) in [4.78, 5) is 22.3. The van der Waals surface area contributed by atoms with E-state index in [1.807, 2.05) is 24.3 Å². The molecule has 0 heterocycles. The standard InChI is InChI=1S/2C10H13NO.Co/c2*1-2-7-11-8-9-5-3-4-6-10(9)12;/h2*3-6,8,11H,2,7H2,1H3;/b2*9-8-;. The second-order valence-corrected chi connectivity index (χ2v) is 5.27. The second-order valence-electron chi connectivity index (χ2n) is 5.27. The van der Waals surface area contributed by atoms with Crippen molar-refractivity contribution in [3.63, 3.8) is 0 Å². The van der Waals surface area contributed by atoms with Crippen LogP contribution in [0, 0.1) is 0 Å². The molecule has 0 saturated carbocycles. The normalized spacial score (nSPS) is 18.0. The molecule has 4 nitrogen and oxygen atoms in total. The van der Waals surface area contributed by atoms with E-state index in [0.717, 1.165) is 37.1 Å². The molecule has 0 spiro atoms. The van der Waals surface area contributed by atoms with Gasteiger partial charge in [-0.25, -0.2) is 0 Å². The summed E-state index contributed by atoms with van der Waals surface area (Å²) in [5.41, 5.74) is 1.46. The van der Waals surface area contributed by atoms with Crippen LogP contribution >= 0.6 is 0 Å². The fourth-order valence-corrected chi connectivity index (χ4v) is 1.85. The summed E-state index contributed by atoms with van der Waals surface area (Å²) >= 11 is 0. The molecule has 1 radical (unpaired) electrons. The van der Waals surface area contributed by atoms with Gasteiger partial charge in [-0.05, 0) is 37.1 Å². The Kier molecular flexibility index (Phi) is 13.0. The first-order valence-corrected chi connectivity index (χ1v) is 8.34. The van der Waals surface area contributed by atoms with E-state index in [2.05, 4.69) is 24.5 Å². The summed E-state index contributed by atoms with van der Waals surface area (Å²) in [5.74, 6) is 0.141. The quantitative estimate of drug-likeness (QED) is 0.545. The van der Waals surface area contributed by atoms with Gasteiger partial charge in [0.2, 0.25) is 0 Å². The van der Waals surface area contributed by atoms with Gasteiger partial charge in [0.25, 0.3) is 0 Å². The third kappa shape index (κ3) is 9.69. The number of carbonyl (C=O) groups is 2. The number of hydrogen-bond acceptors (Lipinski definition) is 4. The molecule has 0 bridgehead atoms. The summed E-state index contributed by atoms with van der Waals surface area (Å²) in [6.45, 7) is 6.00. The van der Waals surface area contributed by atoms with Crippen molar-refractivity contribution in [2.45, 2.75) is 26.7 Å². The molecule has 0 aromatic carbocycles. The van der Waals surface area contributed by atoms with Gasteiger partial charge in [-0.3, -0.25) is 9.59 Å². The maximum absolute atomic E-state index is 11.1. The maximum Gasteiger partial charge on any atom is 0.187 e. The van der Waals surface area contributed by atoms with Gasteiger partial charge in [0.05, 0.1) is 0 Å². The van der Waals surface area contributed by atoms with Crippen LogP contribution in [0.5, 0.6) is 0 Å². The average Bonchev–Trinajstić information content (AvgIpc) is 2.59. The van der Waals surface area contributed by atoms with Gasteiger partial charge in [-0.15, -0.1) is 0 Å². The van der Waals surface area contributed by atoms with Gasteiger partial charge in [-0.1, -0.05) is 38.2 Å². The summed E-state index contributed by atoms with van der Waals surface area (Å²) in [5, 5.41) is 6.13. The van der Waals surface area contributed by atoms with Gasteiger partial charge in [0.15, 0.2) is 11.6 Å². The number of ketones is 2. The van der Waals surface area contributed by atoms with Crippen molar-refractivity contribution in [3.05, 3.63) is 72.2 Å². The zero-order valence-corrected chi connectivity index (χ0v) is 15.8. The summed E-state index contributed by atoms with van der Waals surface area (Å²) < 4.78 is 0. The van der Waals surface area contributed by atoms with E-state index < -0.39 is 0 Å². The molecule has 5 heteroatoms.